The van der Waals surface area contributed by atoms with E-state index in [2.05, 4.69) is 16.9 Å². The molecule has 0 aliphatic heterocycles. The highest BCUT2D eigenvalue weighted by molar-refractivity contribution is 5.46. The minimum Gasteiger partial charge on any atom is -0.383 e. The molecule has 0 saturated heterocycles. The number of nitrogens with zero attached hydrogens (tertiary/aromatic N) is 2. The Kier molecular flexibility index (Phi) is 6.31. The number of ether oxygens (including phenoxy) is 2. The second-order valence-electron chi connectivity index (χ2n) is 5.34. The third-order valence-electron chi connectivity index (χ3n) is 3.64. The minimum atomic E-state index is -0.355. The van der Waals surface area contributed by atoms with Crippen molar-refractivity contribution in [3.8, 4) is 0 Å². The van der Waals surface area contributed by atoms with Crippen LogP contribution < -0.4 is 11.5 Å². The molecule has 2 atom stereocenters. The Morgan fingerprint density at radius 1 is 1.17 bits per heavy atom. The van der Waals surface area contributed by atoms with Gasteiger partial charge in [-0.05, 0) is 12.0 Å². The summed E-state index contributed by atoms with van der Waals surface area (Å²) >= 11 is 0. The van der Waals surface area contributed by atoms with Crippen LogP contribution in [-0.4, -0.2) is 29.8 Å². The van der Waals surface area contributed by atoms with Crippen LogP contribution in [0.3, 0.4) is 0 Å². The molecule has 0 spiro atoms. The Morgan fingerprint density at radius 3 is 2.52 bits per heavy atom. The molecule has 4 N–H and O–H groups in total. The van der Waals surface area contributed by atoms with Crippen LogP contribution in [0.1, 0.15) is 37.0 Å². The number of nitrogen functional groups attached to an aromatic ring is 2. The zero-order valence-corrected chi connectivity index (χ0v) is 13.6. The molecule has 6 nitrogen and oxygen atoms in total. The quantitative estimate of drug-likeness (QED) is 0.777. The largest absolute Gasteiger partial charge is 0.383 e. The van der Waals surface area contributed by atoms with E-state index in [1.54, 1.807) is 13.3 Å². The maximum absolute atomic E-state index is 6.11. The molecule has 0 amide bonds. The van der Waals surface area contributed by atoms with Crippen molar-refractivity contribution in [1.82, 2.24) is 9.97 Å². The van der Waals surface area contributed by atoms with Crippen LogP contribution in [0.2, 0.25) is 0 Å². The molecule has 6 heteroatoms. The number of hydrogen-bond acceptors (Lipinski definition) is 6. The molecule has 23 heavy (non-hydrogen) atoms. The summed E-state index contributed by atoms with van der Waals surface area (Å²) < 4.78 is 11.6. The lowest BCUT2D eigenvalue weighted by Gasteiger charge is -2.23. The number of rotatable bonds is 8. The fraction of sp³-hybridized carbons (Fsp3) is 0.412. The van der Waals surface area contributed by atoms with E-state index in [1.807, 2.05) is 30.3 Å². The molecule has 0 radical (unpaired) electrons. The summed E-state index contributed by atoms with van der Waals surface area (Å²) in [4.78, 5) is 8.08. The lowest BCUT2D eigenvalue weighted by atomic mass is 10.0. The van der Waals surface area contributed by atoms with Crippen LogP contribution in [-0.2, 0) is 9.47 Å². The van der Waals surface area contributed by atoms with Crippen molar-refractivity contribution in [3.05, 3.63) is 47.7 Å². The fourth-order valence-electron chi connectivity index (χ4n) is 2.41. The molecule has 0 bridgehead atoms. The lowest BCUT2D eigenvalue weighted by Crippen LogP contribution is -2.21. The van der Waals surface area contributed by atoms with Gasteiger partial charge in [0.25, 0.3) is 0 Å². The van der Waals surface area contributed by atoms with Gasteiger partial charge in [0.15, 0.2) is 0 Å². The van der Waals surface area contributed by atoms with E-state index in [1.165, 1.54) is 0 Å². The molecule has 2 aromatic rings. The van der Waals surface area contributed by atoms with Gasteiger partial charge in [0.05, 0.1) is 12.7 Å². The maximum atomic E-state index is 6.11. The molecule has 0 fully saturated rings. The first-order valence-corrected chi connectivity index (χ1v) is 7.73. The van der Waals surface area contributed by atoms with E-state index in [9.17, 15) is 0 Å². The topological polar surface area (TPSA) is 96.3 Å². The molecule has 2 rings (SSSR count). The maximum Gasteiger partial charge on any atom is 0.221 e. The second-order valence-corrected chi connectivity index (χ2v) is 5.34. The molecule has 0 saturated carbocycles. The van der Waals surface area contributed by atoms with Crippen molar-refractivity contribution in [1.29, 1.82) is 0 Å². The molecule has 124 valence electrons. The van der Waals surface area contributed by atoms with Gasteiger partial charge in [0, 0.05) is 18.9 Å². The first kappa shape index (κ1) is 17.2. The fourth-order valence-corrected chi connectivity index (χ4v) is 2.41. The van der Waals surface area contributed by atoms with Crippen molar-refractivity contribution in [3.63, 3.8) is 0 Å². The molecule has 0 aliphatic rings. The van der Waals surface area contributed by atoms with Gasteiger partial charge < -0.3 is 20.9 Å². The van der Waals surface area contributed by atoms with E-state index < -0.39 is 0 Å². The normalized spacial score (nSPS) is 13.7. The third kappa shape index (κ3) is 4.64. The van der Waals surface area contributed by atoms with Crippen LogP contribution >= 0.6 is 0 Å². The molecular formula is C17H24N4O2. The third-order valence-corrected chi connectivity index (χ3v) is 3.64. The zero-order chi connectivity index (χ0) is 16.7. The smallest absolute Gasteiger partial charge is 0.221 e. The average molecular weight is 316 g/mol. The van der Waals surface area contributed by atoms with Gasteiger partial charge in [-0.25, -0.2) is 4.98 Å². The number of anilines is 2. The summed E-state index contributed by atoms with van der Waals surface area (Å²) in [6, 6.07) is 9.85. The predicted molar refractivity (Wildman–Crippen MR) is 90.8 cm³/mol. The molecule has 1 heterocycles. The van der Waals surface area contributed by atoms with Crippen molar-refractivity contribution in [2.75, 3.05) is 25.2 Å². The standard InChI is InChI=1S/C17H24N4O2/c1-3-7-13(22-2)11-23-15(12-8-5-4-6-9-12)14-10-20-17(19)21-16(14)18/h4-6,8-10,13,15H,3,7,11H2,1-2H3,(H4,18,19,20,21). The molecule has 1 aromatic heterocycles. The Balaban J connectivity index is 2.25. The van der Waals surface area contributed by atoms with Gasteiger partial charge in [-0.15, -0.1) is 0 Å². The Hall–Kier alpha value is -2.18. The summed E-state index contributed by atoms with van der Waals surface area (Å²) in [7, 11) is 1.70. The van der Waals surface area contributed by atoms with Crippen LogP contribution in [0.15, 0.2) is 36.5 Å². The molecule has 1 aromatic carbocycles. The number of hydrogen-bond donors (Lipinski definition) is 2. The Morgan fingerprint density at radius 2 is 1.91 bits per heavy atom. The van der Waals surface area contributed by atoms with Gasteiger partial charge in [0.1, 0.15) is 11.9 Å². The SMILES string of the molecule is CCCC(COC(c1ccccc1)c1cnc(N)nc1N)OC. The highest BCUT2D eigenvalue weighted by Crippen LogP contribution is 2.29. The zero-order valence-electron chi connectivity index (χ0n) is 13.6. The summed E-state index contributed by atoms with van der Waals surface area (Å²) in [5.74, 6) is 0.481. The number of benzene rings is 1. The molecular weight excluding hydrogens is 292 g/mol. The first-order valence-electron chi connectivity index (χ1n) is 7.73. The van der Waals surface area contributed by atoms with Crippen LogP contribution in [0.4, 0.5) is 11.8 Å². The highest BCUT2D eigenvalue weighted by atomic mass is 16.5. The molecule has 0 aliphatic carbocycles. The van der Waals surface area contributed by atoms with Crippen LogP contribution in [0, 0.1) is 0 Å². The monoisotopic (exact) mass is 316 g/mol. The summed E-state index contributed by atoms with van der Waals surface area (Å²) in [6.07, 6.45) is 3.28. The van der Waals surface area contributed by atoms with Crippen LogP contribution in [0.25, 0.3) is 0 Å². The summed E-state index contributed by atoms with van der Waals surface area (Å²) in [5, 5.41) is 0. The lowest BCUT2D eigenvalue weighted by molar-refractivity contribution is -0.0187. The summed E-state index contributed by atoms with van der Waals surface area (Å²) in [5.41, 5.74) is 13.3. The number of nitrogens with two attached hydrogens (primary N) is 2. The van der Waals surface area contributed by atoms with Gasteiger partial charge in [0.2, 0.25) is 5.95 Å². The van der Waals surface area contributed by atoms with Gasteiger partial charge in [-0.1, -0.05) is 43.7 Å². The predicted octanol–water partition coefficient (Wildman–Crippen LogP) is 2.56. The van der Waals surface area contributed by atoms with Gasteiger partial charge in [-0.3, -0.25) is 0 Å². The van der Waals surface area contributed by atoms with Crippen molar-refractivity contribution in [2.45, 2.75) is 32.0 Å². The van der Waals surface area contributed by atoms with E-state index in [-0.39, 0.29) is 18.2 Å². The van der Waals surface area contributed by atoms with Crippen molar-refractivity contribution < 1.29 is 9.47 Å². The number of methoxy groups -OCH3 is 1. The average Bonchev–Trinajstić information content (AvgIpc) is 2.56. The first-order chi connectivity index (χ1) is 11.2. The van der Waals surface area contributed by atoms with Crippen molar-refractivity contribution >= 4 is 11.8 Å². The van der Waals surface area contributed by atoms with Crippen LogP contribution in [0.5, 0.6) is 0 Å². The minimum absolute atomic E-state index is 0.0436. The molecule has 2 unspecified atom stereocenters. The van der Waals surface area contributed by atoms with Crippen molar-refractivity contribution in [2.24, 2.45) is 0 Å². The van der Waals surface area contributed by atoms with E-state index >= 15 is 0 Å². The van der Waals surface area contributed by atoms with Gasteiger partial charge >= 0.3 is 0 Å². The number of aromatic nitrogens is 2. The highest BCUT2D eigenvalue weighted by Gasteiger charge is 2.21. The Labute approximate surface area is 136 Å². The van der Waals surface area contributed by atoms with Gasteiger partial charge in [-0.2, -0.15) is 4.98 Å². The van der Waals surface area contributed by atoms with E-state index in [4.69, 9.17) is 20.9 Å². The van der Waals surface area contributed by atoms with E-state index in [0.717, 1.165) is 18.4 Å². The van der Waals surface area contributed by atoms with E-state index in [0.29, 0.717) is 18.0 Å². The Bertz CT molecular complexity index is 607. The second kappa shape index (κ2) is 8.45. The summed E-state index contributed by atoms with van der Waals surface area (Å²) in [6.45, 7) is 2.58.